The maximum atomic E-state index is 12.9. The molecule has 1 aliphatic carbocycles. The van der Waals surface area contributed by atoms with Crippen molar-refractivity contribution in [3.63, 3.8) is 0 Å². The standard InChI is InChI=1S/C26H23F3N2O6/c1-14-19(6-15-7-22(34-2)25(33)23(8-15)35-3)18-5-4-16(37-26(27,28)29)9-21(18)20(14)10-24(32)31-12-17-11-30-13-36-17/h4-9,11,13,33H,10,12H2,1-3H3,(H,31,32)/b19-6-. The highest BCUT2D eigenvalue weighted by Crippen LogP contribution is 2.46. The van der Waals surface area contributed by atoms with Gasteiger partial charge in [0.2, 0.25) is 11.7 Å². The number of rotatable bonds is 8. The predicted molar refractivity (Wildman–Crippen MR) is 128 cm³/mol. The first kappa shape index (κ1) is 25.7. The average Bonchev–Trinajstić information content (AvgIpc) is 3.45. The van der Waals surface area contributed by atoms with E-state index in [1.54, 1.807) is 25.1 Å². The Morgan fingerprint density at radius 2 is 1.84 bits per heavy atom. The first-order valence-corrected chi connectivity index (χ1v) is 11.0. The molecule has 1 heterocycles. The van der Waals surface area contributed by atoms with Crippen LogP contribution in [0.15, 0.2) is 52.9 Å². The number of nitrogens with one attached hydrogen (secondary N) is 1. The minimum Gasteiger partial charge on any atom is -0.502 e. The molecule has 3 aromatic rings. The van der Waals surface area contributed by atoms with E-state index in [0.717, 1.165) is 0 Å². The topological polar surface area (TPSA) is 103 Å². The first-order chi connectivity index (χ1) is 17.6. The minimum atomic E-state index is -4.86. The van der Waals surface area contributed by atoms with Crippen LogP contribution in [0.4, 0.5) is 13.2 Å². The van der Waals surface area contributed by atoms with Crippen molar-refractivity contribution in [2.75, 3.05) is 14.2 Å². The van der Waals surface area contributed by atoms with Crippen LogP contribution in [0.2, 0.25) is 0 Å². The summed E-state index contributed by atoms with van der Waals surface area (Å²) < 4.78 is 58.3. The zero-order chi connectivity index (χ0) is 26.7. The number of methoxy groups -OCH3 is 2. The number of allylic oxidation sites excluding steroid dienone is 2. The number of benzene rings is 2. The molecule has 0 radical (unpaired) electrons. The summed E-state index contributed by atoms with van der Waals surface area (Å²) in [7, 11) is 2.80. The van der Waals surface area contributed by atoms with E-state index < -0.39 is 12.1 Å². The summed E-state index contributed by atoms with van der Waals surface area (Å²) in [6.45, 7) is 1.90. The second kappa shape index (κ2) is 10.3. The highest BCUT2D eigenvalue weighted by Gasteiger charge is 2.33. The number of carbonyl (C=O) groups excluding carboxylic acids is 1. The molecule has 0 atom stereocenters. The Hall–Kier alpha value is -4.41. The molecular weight excluding hydrogens is 493 g/mol. The molecule has 2 aromatic carbocycles. The van der Waals surface area contributed by atoms with Crippen molar-refractivity contribution in [3.8, 4) is 23.0 Å². The maximum Gasteiger partial charge on any atom is 0.573 e. The number of phenolic OH excluding ortho intramolecular Hbond substituents is 1. The zero-order valence-electron chi connectivity index (χ0n) is 20.1. The predicted octanol–water partition coefficient (Wildman–Crippen LogP) is 5.33. The Balaban J connectivity index is 1.74. The van der Waals surface area contributed by atoms with E-state index in [0.29, 0.717) is 39.2 Å². The van der Waals surface area contributed by atoms with Crippen LogP contribution in [0.5, 0.6) is 23.0 Å². The normalized spacial score (nSPS) is 14.1. The maximum absolute atomic E-state index is 12.9. The quantitative estimate of drug-likeness (QED) is 0.417. The number of oxazole rings is 1. The van der Waals surface area contributed by atoms with E-state index in [-0.39, 0.29) is 36.1 Å². The molecule has 8 nitrogen and oxygen atoms in total. The minimum absolute atomic E-state index is 0.0952. The van der Waals surface area contributed by atoms with Crippen molar-refractivity contribution in [2.24, 2.45) is 0 Å². The SMILES string of the molecule is COc1cc(/C=C2/C(C)=C(CC(=O)NCc3cnco3)c3cc(OC(F)(F)F)ccc32)cc(OC)c1O. The lowest BCUT2D eigenvalue weighted by Gasteiger charge is -2.12. The number of halogens is 3. The molecule has 11 heteroatoms. The van der Waals surface area contributed by atoms with E-state index in [2.05, 4.69) is 15.0 Å². The lowest BCUT2D eigenvalue weighted by atomic mass is 10.00. The number of amides is 1. The fraction of sp³-hybridized carbons (Fsp3) is 0.231. The Morgan fingerprint density at radius 3 is 2.43 bits per heavy atom. The lowest BCUT2D eigenvalue weighted by Crippen LogP contribution is -2.22. The van der Waals surface area contributed by atoms with Gasteiger partial charge in [0.1, 0.15) is 11.5 Å². The fourth-order valence-corrected chi connectivity index (χ4v) is 4.09. The van der Waals surface area contributed by atoms with Crippen LogP contribution in [-0.2, 0) is 11.3 Å². The molecule has 4 rings (SSSR count). The fourth-order valence-electron chi connectivity index (χ4n) is 4.09. The summed E-state index contributed by atoms with van der Waals surface area (Å²) in [5.41, 5.74) is 3.59. The molecular formula is C26H23F3N2O6. The third-order valence-corrected chi connectivity index (χ3v) is 5.79. The number of phenols is 1. The smallest absolute Gasteiger partial charge is 0.502 e. The highest BCUT2D eigenvalue weighted by atomic mass is 19.4. The molecule has 1 aromatic heterocycles. The van der Waals surface area contributed by atoms with Crippen LogP contribution in [0.25, 0.3) is 17.2 Å². The number of carbonyl (C=O) groups is 1. The molecule has 0 fully saturated rings. The molecule has 0 bridgehead atoms. The number of fused-ring (bicyclic) bond motifs is 1. The monoisotopic (exact) mass is 516 g/mol. The van der Waals surface area contributed by atoms with Crippen LogP contribution in [-0.4, -0.2) is 36.6 Å². The van der Waals surface area contributed by atoms with E-state index >= 15 is 0 Å². The Kier molecular flexibility index (Phi) is 7.14. The summed E-state index contributed by atoms with van der Waals surface area (Å²) >= 11 is 0. The molecule has 194 valence electrons. The Bertz CT molecular complexity index is 1350. The summed E-state index contributed by atoms with van der Waals surface area (Å²) in [4.78, 5) is 16.5. The summed E-state index contributed by atoms with van der Waals surface area (Å²) in [5.74, 6) is -0.0771. The Morgan fingerprint density at radius 1 is 1.14 bits per heavy atom. The van der Waals surface area contributed by atoms with Crippen molar-refractivity contribution >= 4 is 23.1 Å². The number of alkyl halides is 3. The van der Waals surface area contributed by atoms with Crippen molar-refractivity contribution in [2.45, 2.75) is 26.3 Å². The second-order valence-corrected chi connectivity index (χ2v) is 8.11. The van der Waals surface area contributed by atoms with Gasteiger partial charge < -0.3 is 29.1 Å². The van der Waals surface area contributed by atoms with Gasteiger partial charge in [-0.2, -0.15) is 0 Å². The van der Waals surface area contributed by atoms with Crippen molar-refractivity contribution in [1.82, 2.24) is 10.3 Å². The number of nitrogens with zero attached hydrogens (tertiary/aromatic N) is 1. The van der Waals surface area contributed by atoms with Crippen LogP contribution >= 0.6 is 0 Å². The van der Waals surface area contributed by atoms with Gasteiger partial charge in [0.15, 0.2) is 17.9 Å². The molecule has 0 saturated carbocycles. The molecule has 0 spiro atoms. The number of hydrogen-bond donors (Lipinski definition) is 2. The van der Waals surface area contributed by atoms with Gasteiger partial charge in [-0.25, -0.2) is 4.98 Å². The van der Waals surface area contributed by atoms with Crippen LogP contribution in [0.3, 0.4) is 0 Å². The molecule has 1 aliphatic rings. The third-order valence-electron chi connectivity index (χ3n) is 5.79. The Labute approximate surface area is 210 Å². The van der Waals surface area contributed by atoms with Gasteiger partial charge in [-0.3, -0.25) is 4.79 Å². The first-order valence-electron chi connectivity index (χ1n) is 11.0. The zero-order valence-corrected chi connectivity index (χ0v) is 20.1. The van der Waals surface area contributed by atoms with Gasteiger partial charge in [0.05, 0.1) is 33.4 Å². The van der Waals surface area contributed by atoms with Crippen molar-refractivity contribution in [1.29, 1.82) is 0 Å². The van der Waals surface area contributed by atoms with Crippen molar-refractivity contribution < 1.29 is 41.7 Å². The molecule has 0 aliphatic heterocycles. The van der Waals surface area contributed by atoms with Crippen LogP contribution in [0.1, 0.15) is 35.8 Å². The molecule has 2 N–H and O–H groups in total. The number of aromatic hydroxyl groups is 1. The van der Waals surface area contributed by atoms with Gasteiger partial charge >= 0.3 is 6.36 Å². The summed E-state index contributed by atoms with van der Waals surface area (Å²) in [5, 5.41) is 12.9. The van der Waals surface area contributed by atoms with E-state index in [9.17, 15) is 23.1 Å². The molecule has 1 amide bonds. The van der Waals surface area contributed by atoms with Crippen molar-refractivity contribution in [3.05, 3.63) is 70.9 Å². The summed E-state index contributed by atoms with van der Waals surface area (Å²) in [6, 6.07) is 7.20. The molecule has 0 saturated heterocycles. The number of ether oxygens (including phenoxy) is 3. The number of aromatic nitrogens is 1. The largest absolute Gasteiger partial charge is 0.573 e. The van der Waals surface area contributed by atoms with Gasteiger partial charge in [-0.1, -0.05) is 6.07 Å². The lowest BCUT2D eigenvalue weighted by molar-refractivity contribution is -0.274. The highest BCUT2D eigenvalue weighted by molar-refractivity contribution is 6.08. The van der Waals surface area contributed by atoms with Gasteiger partial charge in [0, 0.05) is 0 Å². The van der Waals surface area contributed by atoms with E-state index in [1.165, 1.54) is 45.0 Å². The van der Waals surface area contributed by atoms with E-state index in [1.807, 2.05) is 0 Å². The van der Waals surface area contributed by atoms with Crippen LogP contribution in [0, 0.1) is 0 Å². The van der Waals surface area contributed by atoms with E-state index in [4.69, 9.17) is 13.9 Å². The summed E-state index contributed by atoms with van der Waals surface area (Å²) in [6.07, 6.45) is -0.464. The number of hydrogen-bond acceptors (Lipinski definition) is 7. The third kappa shape index (κ3) is 5.71. The average molecular weight is 516 g/mol. The van der Waals surface area contributed by atoms with Gasteiger partial charge in [-0.05, 0) is 70.7 Å². The molecule has 37 heavy (non-hydrogen) atoms. The van der Waals surface area contributed by atoms with Gasteiger partial charge in [0.25, 0.3) is 0 Å². The second-order valence-electron chi connectivity index (χ2n) is 8.11. The van der Waals surface area contributed by atoms with Gasteiger partial charge in [-0.15, -0.1) is 13.2 Å². The molecule has 0 unspecified atom stereocenters. The van der Waals surface area contributed by atoms with Crippen LogP contribution < -0.4 is 19.5 Å².